The van der Waals surface area contributed by atoms with E-state index in [4.69, 9.17) is 0 Å². The van der Waals surface area contributed by atoms with E-state index in [0.717, 1.165) is 31.4 Å². The molecule has 0 N–H and O–H groups in total. The van der Waals surface area contributed by atoms with Crippen molar-refractivity contribution >= 4 is 0 Å². The number of likely N-dealkylation sites (tertiary alicyclic amines) is 1. The Morgan fingerprint density at radius 1 is 0.762 bits per heavy atom. The van der Waals surface area contributed by atoms with Crippen LogP contribution in [0.4, 0.5) is 26.3 Å². The number of hydrogen-bond donors (Lipinski definition) is 0. The number of halogens is 6. The summed E-state index contributed by atoms with van der Waals surface area (Å²) < 4.78 is 76.4. The van der Waals surface area contributed by atoms with E-state index in [0.29, 0.717) is 13.1 Å². The van der Waals surface area contributed by atoms with E-state index >= 15 is 0 Å². The van der Waals surface area contributed by atoms with Crippen molar-refractivity contribution < 1.29 is 26.3 Å². The van der Waals surface area contributed by atoms with Crippen LogP contribution in [0, 0.1) is 0 Å². The third-order valence-corrected chi connectivity index (χ3v) is 3.50. The second-order valence-corrected chi connectivity index (χ2v) is 5.25. The summed E-state index contributed by atoms with van der Waals surface area (Å²) in [6.45, 7) is 1.53. The first-order chi connectivity index (χ1) is 9.66. The van der Waals surface area contributed by atoms with Crippen molar-refractivity contribution in [2.75, 3.05) is 13.1 Å². The Morgan fingerprint density at radius 2 is 1.24 bits per heavy atom. The van der Waals surface area contributed by atoms with E-state index in [9.17, 15) is 26.3 Å². The van der Waals surface area contributed by atoms with Gasteiger partial charge in [0.05, 0.1) is 11.1 Å². The highest BCUT2D eigenvalue weighted by Crippen LogP contribution is 2.36. The molecule has 1 nitrogen and oxygen atoms in total. The van der Waals surface area contributed by atoms with Gasteiger partial charge in [0.25, 0.3) is 0 Å². The van der Waals surface area contributed by atoms with Crippen molar-refractivity contribution in [2.45, 2.75) is 38.2 Å². The van der Waals surface area contributed by atoms with Gasteiger partial charge in [-0.2, -0.15) is 26.3 Å². The van der Waals surface area contributed by atoms with Crippen LogP contribution < -0.4 is 0 Å². The van der Waals surface area contributed by atoms with Crippen LogP contribution in [0.15, 0.2) is 18.2 Å². The first-order valence-electron chi connectivity index (χ1n) is 6.67. The predicted molar refractivity (Wildman–Crippen MR) is 65.6 cm³/mol. The normalized spacial score (nSPS) is 18.0. The minimum absolute atomic E-state index is 0.0547. The van der Waals surface area contributed by atoms with Crippen LogP contribution in [0.2, 0.25) is 0 Å². The summed E-state index contributed by atoms with van der Waals surface area (Å²) in [5, 5.41) is 0. The van der Waals surface area contributed by atoms with Gasteiger partial charge < -0.3 is 0 Å². The Kier molecular flexibility index (Phi) is 4.51. The number of benzene rings is 1. The second-order valence-electron chi connectivity index (χ2n) is 5.25. The molecule has 118 valence electrons. The van der Waals surface area contributed by atoms with E-state index < -0.39 is 23.5 Å². The molecule has 1 aromatic carbocycles. The minimum atomic E-state index is -4.78. The minimum Gasteiger partial charge on any atom is -0.299 e. The van der Waals surface area contributed by atoms with Crippen molar-refractivity contribution in [2.24, 2.45) is 0 Å². The third kappa shape index (κ3) is 4.36. The van der Waals surface area contributed by atoms with Gasteiger partial charge in [-0.15, -0.1) is 0 Å². The highest BCUT2D eigenvalue weighted by Gasteiger charge is 2.36. The first kappa shape index (κ1) is 16.1. The van der Waals surface area contributed by atoms with Crippen molar-refractivity contribution in [3.63, 3.8) is 0 Å². The van der Waals surface area contributed by atoms with Gasteiger partial charge in [-0.05, 0) is 49.7 Å². The Hall–Kier alpha value is -1.24. The molecule has 1 fully saturated rings. The lowest BCUT2D eigenvalue weighted by Crippen LogP contribution is -2.29. The summed E-state index contributed by atoms with van der Waals surface area (Å²) in [5.74, 6) is 0. The summed E-state index contributed by atoms with van der Waals surface area (Å²) >= 11 is 0. The molecular weight excluding hydrogens is 296 g/mol. The molecule has 21 heavy (non-hydrogen) atoms. The van der Waals surface area contributed by atoms with Gasteiger partial charge in [-0.25, -0.2) is 0 Å². The topological polar surface area (TPSA) is 3.24 Å². The van der Waals surface area contributed by atoms with E-state index in [2.05, 4.69) is 0 Å². The van der Waals surface area contributed by atoms with Crippen LogP contribution >= 0.6 is 0 Å². The molecule has 0 aliphatic carbocycles. The average molecular weight is 311 g/mol. The lowest BCUT2D eigenvalue weighted by atomic mass is 10.0. The first-order valence-corrected chi connectivity index (χ1v) is 6.67. The standard InChI is InChI=1S/C14H15F6N/c15-13(16,17)11-6-10(7-12(8-11)14(18,19)20)9-21-4-2-1-3-5-21/h6-8H,1-5,9H2. The zero-order valence-corrected chi connectivity index (χ0v) is 11.2. The molecule has 1 saturated heterocycles. The van der Waals surface area contributed by atoms with Gasteiger partial charge in [0.15, 0.2) is 0 Å². The van der Waals surface area contributed by atoms with Crippen molar-refractivity contribution in [3.05, 3.63) is 34.9 Å². The fourth-order valence-electron chi connectivity index (χ4n) is 2.49. The summed E-state index contributed by atoms with van der Waals surface area (Å²) in [6, 6.07) is 1.79. The molecule has 1 aliphatic rings. The number of hydrogen-bond acceptors (Lipinski definition) is 1. The molecule has 0 unspecified atom stereocenters. The molecule has 0 spiro atoms. The molecule has 0 bridgehead atoms. The Bertz CT molecular complexity index is 453. The molecule has 2 rings (SSSR count). The molecule has 0 saturated carbocycles. The van der Waals surface area contributed by atoms with Crippen LogP contribution in [-0.2, 0) is 18.9 Å². The number of rotatable bonds is 2. The Morgan fingerprint density at radius 3 is 1.67 bits per heavy atom. The largest absolute Gasteiger partial charge is 0.416 e. The van der Waals surface area contributed by atoms with E-state index in [1.807, 2.05) is 4.90 Å². The summed E-state index contributed by atoms with van der Waals surface area (Å²) in [5.41, 5.74) is -2.44. The zero-order valence-electron chi connectivity index (χ0n) is 11.2. The van der Waals surface area contributed by atoms with E-state index in [1.54, 1.807) is 0 Å². The van der Waals surface area contributed by atoms with Gasteiger partial charge in [-0.1, -0.05) is 6.42 Å². The molecule has 1 aliphatic heterocycles. The van der Waals surface area contributed by atoms with Gasteiger partial charge in [0.2, 0.25) is 0 Å². The average Bonchev–Trinajstić information content (AvgIpc) is 2.37. The molecule has 0 aromatic heterocycles. The molecule has 0 radical (unpaired) electrons. The van der Waals surface area contributed by atoms with Crippen molar-refractivity contribution in [1.29, 1.82) is 0 Å². The van der Waals surface area contributed by atoms with E-state index in [-0.39, 0.29) is 18.2 Å². The van der Waals surface area contributed by atoms with Gasteiger partial charge in [0, 0.05) is 6.54 Å². The SMILES string of the molecule is FC(F)(F)c1cc(CN2CCCCC2)cc(C(F)(F)F)c1. The second kappa shape index (κ2) is 5.87. The molecule has 1 aromatic rings. The highest BCUT2D eigenvalue weighted by molar-refractivity contribution is 5.33. The fourth-order valence-corrected chi connectivity index (χ4v) is 2.49. The third-order valence-electron chi connectivity index (χ3n) is 3.50. The van der Waals surface area contributed by atoms with Crippen molar-refractivity contribution in [1.82, 2.24) is 4.90 Å². The van der Waals surface area contributed by atoms with Gasteiger partial charge in [0.1, 0.15) is 0 Å². The van der Waals surface area contributed by atoms with Crippen LogP contribution in [0.3, 0.4) is 0 Å². The van der Waals surface area contributed by atoms with Crippen LogP contribution in [0.5, 0.6) is 0 Å². The van der Waals surface area contributed by atoms with Gasteiger partial charge in [-0.3, -0.25) is 4.90 Å². The number of piperidine rings is 1. The Labute approximate surface area is 118 Å². The molecule has 0 amide bonds. The predicted octanol–water partition coefficient (Wildman–Crippen LogP) is 4.71. The monoisotopic (exact) mass is 311 g/mol. The van der Waals surface area contributed by atoms with Crippen LogP contribution in [0.25, 0.3) is 0 Å². The molecule has 0 atom stereocenters. The summed E-state index contributed by atoms with van der Waals surface area (Å²) in [7, 11) is 0. The fraction of sp³-hybridized carbons (Fsp3) is 0.571. The number of nitrogens with zero attached hydrogens (tertiary/aromatic N) is 1. The maximum Gasteiger partial charge on any atom is 0.416 e. The maximum absolute atomic E-state index is 12.7. The lowest BCUT2D eigenvalue weighted by Gasteiger charge is -2.27. The summed E-state index contributed by atoms with van der Waals surface area (Å²) in [4.78, 5) is 1.89. The molecule has 7 heteroatoms. The number of alkyl halides is 6. The quantitative estimate of drug-likeness (QED) is 0.715. The van der Waals surface area contributed by atoms with Crippen molar-refractivity contribution in [3.8, 4) is 0 Å². The maximum atomic E-state index is 12.7. The Balaban J connectivity index is 2.31. The highest BCUT2D eigenvalue weighted by atomic mass is 19.4. The lowest BCUT2D eigenvalue weighted by molar-refractivity contribution is -0.143. The van der Waals surface area contributed by atoms with E-state index in [1.165, 1.54) is 0 Å². The van der Waals surface area contributed by atoms with Crippen LogP contribution in [0.1, 0.15) is 36.0 Å². The van der Waals surface area contributed by atoms with Gasteiger partial charge >= 0.3 is 12.4 Å². The molecular formula is C14H15F6N. The van der Waals surface area contributed by atoms with Crippen LogP contribution in [-0.4, -0.2) is 18.0 Å². The zero-order chi connectivity index (χ0) is 15.7. The smallest absolute Gasteiger partial charge is 0.299 e. The molecule has 1 heterocycles. The summed E-state index contributed by atoms with van der Waals surface area (Å²) in [6.07, 6.45) is -6.67.